The van der Waals surface area contributed by atoms with Gasteiger partial charge in [0.05, 0.1) is 0 Å². The Bertz CT molecular complexity index is 753. The largest absolute Gasteiger partial charge is 0.389 e. The summed E-state index contributed by atoms with van der Waals surface area (Å²) < 4.78 is 0. The Hall–Kier alpha value is -2.18. The maximum atomic E-state index is 6.25. The lowest BCUT2D eigenvalue weighted by molar-refractivity contribution is 0.312. The molecule has 3 heterocycles. The highest BCUT2D eigenvalue weighted by Crippen LogP contribution is 2.22. The number of pyridine rings is 1. The topological polar surface area (TPSA) is 57.2 Å². The Morgan fingerprint density at radius 2 is 2.00 bits per heavy atom. The summed E-state index contributed by atoms with van der Waals surface area (Å²) in [5, 5.41) is 3.66. The highest BCUT2D eigenvalue weighted by atomic mass is 35.5. The van der Waals surface area contributed by atoms with E-state index in [1.165, 1.54) is 0 Å². The fraction of sp³-hybridized carbons (Fsp3) is 0.421. The minimum atomic E-state index is 0.440. The van der Waals surface area contributed by atoms with E-state index in [2.05, 4.69) is 45.6 Å². The Morgan fingerprint density at radius 3 is 2.65 bits per heavy atom. The van der Waals surface area contributed by atoms with Gasteiger partial charge in [0.2, 0.25) is 0 Å². The predicted molar refractivity (Wildman–Crippen MR) is 107 cm³/mol. The molecular formula is C19H25ClN6. The van der Waals surface area contributed by atoms with Gasteiger partial charge in [0, 0.05) is 57.1 Å². The fourth-order valence-electron chi connectivity index (χ4n) is 2.94. The van der Waals surface area contributed by atoms with Crippen LogP contribution in [-0.2, 0) is 6.42 Å². The zero-order valence-electron chi connectivity index (χ0n) is 15.4. The van der Waals surface area contributed by atoms with Gasteiger partial charge in [0.1, 0.15) is 16.7 Å². The molecule has 1 fully saturated rings. The summed E-state index contributed by atoms with van der Waals surface area (Å²) in [7, 11) is 2.13. The normalized spacial score (nSPS) is 15.1. The van der Waals surface area contributed by atoms with Gasteiger partial charge in [-0.25, -0.2) is 9.97 Å². The van der Waals surface area contributed by atoms with Crippen molar-refractivity contribution < 1.29 is 0 Å². The first-order chi connectivity index (χ1) is 12.5. The lowest BCUT2D eigenvalue weighted by atomic mass is 10.1. The van der Waals surface area contributed by atoms with Crippen molar-refractivity contribution in [3.8, 4) is 11.5 Å². The van der Waals surface area contributed by atoms with Gasteiger partial charge in [0.25, 0.3) is 0 Å². The molecule has 138 valence electrons. The molecule has 6 nitrogen and oxygen atoms in total. The summed E-state index contributed by atoms with van der Waals surface area (Å²) in [6.45, 7) is 10.8. The van der Waals surface area contributed by atoms with Crippen molar-refractivity contribution in [3.63, 3.8) is 0 Å². The summed E-state index contributed by atoms with van der Waals surface area (Å²) in [6, 6.07) is 5.80. The Balaban J connectivity index is 1.77. The van der Waals surface area contributed by atoms with Gasteiger partial charge in [-0.2, -0.15) is 0 Å². The minimum absolute atomic E-state index is 0.440. The third-order valence-electron chi connectivity index (χ3n) is 4.41. The molecule has 1 saturated heterocycles. The van der Waals surface area contributed by atoms with Crippen molar-refractivity contribution in [2.45, 2.75) is 13.3 Å². The van der Waals surface area contributed by atoms with Crippen molar-refractivity contribution in [1.82, 2.24) is 25.2 Å². The molecule has 3 rings (SSSR count). The van der Waals surface area contributed by atoms with Crippen LogP contribution < -0.4 is 10.2 Å². The fourth-order valence-corrected chi connectivity index (χ4v) is 3.12. The number of rotatable bonds is 6. The van der Waals surface area contributed by atoms with Gasteiger partial charge < -0.3 is 15.1 Å². The number of likely N-dealkylation sites (N-methyl/N-ethyl adjacent to an activating group) is 2. The zero-order chi connectivity index (χ0) is 18.5. The summed E-state index contributed by atoms with van der Waals surface area (Å²) in [4.78, 5) is 18.1. The maximum Gasteiger partial charge on any atom is 0.181 e. The molecule has 7 heteroatoms. The smallest absolute Gasteiger partial charge is 0.181 e. The van der Waals surface area contributed by atoms with E-state index in [-0.39, 0.29) is 0 Å². The summed E-state index contributed by atoms with van der Waals surface area (Å²) in [5.74, 6) is 1.42. The standard InChI is InChI=1S/C19H25ClN6/c1-4-21-14(2)11-15-5-6-16(22-13-15)19-23-17(20)12-18(24-19)26-9-7-25(3)8-10-26/h5-6,12-13,21H,2,4,7-11H2,1,3H3. The lowest BCUT2D eigenvalue weighted by Crippen LogP contribution is -2.44. The van der Waals surface area contributed by atoms with E-state index in [1.807, 2.05) is 24.4 Å². The van der Waals surface area contributed by atoms with Gasteiger partial charge in [-0.3, -0.25) is 4.98 Å². The Morgan fingerprint density at radius 1 is 1.23 bits per heavy atom. The summed E-state index contributed by atoms with van der Waals surface area (Å²) in [5.41, 5.74) is 2.81. The van der Waals surface area contributed by atoms with E-state index < -0.39 is 0 Å². The van der Waals surface area contributed by atoms with Gasteiger partial charge in [-0.1, -0.05) is 24.2 Å². The van der Waals surface area contributed by atoms with Crippen LogP contribution in [0, 0.1) is 0 Å². The number of hydrogen-bond acceptors (Lipinski definition) is 6. The van der Waals surface area contributed by atoms with Crippen molar-refractivity contribution in [1.29, 1.82) is 0 Å². The third-order valence-corrected chi connectivity index (χ3v) is 4.60. The summed E-state index contributed by atoms with van der Waals surface area (Å²) >= 11 is 6.25. The van der Waals surface area contributed by atoms with Crippen LogP contribution in [0.15, 0.2) is 36.7 Å². The molecule has 0 spiro atoms. The average molecular weight is 373 g/mol. The van der Waals surface area contributed by atoms with Crippen LogP contribution >= 0.6 is 11.6 Å². The monoisotopic (exact) mass is 372 g/mol. The molecule has 0 radical (unpaired) electrons. The number of halogens is 1. The third kappa shape index (κ3) is 4.71. The van der Waals surface area contributed by atoms with Gasteiger partial charge in [0.15, 0.2) is 5.82 Å². The van der Waals surface area contributed by atoms with E-state index in [9.17, 15) is 0 Å². The first kappa shape index (κ1) is 18.6. The SMILES string of the molecule is C=C(Cc1ccc(-c2nc(Cl)cc(N3CCN(C)CC3)n2)nc1)NCC. The van der Waals surface area contributed by atoms with Crippen LogP contribution in [0.3, 0.4) is 0 Å². The van der Waals surface area contributed by atoms with Crippen molar-refractivity contribution >= 4 is 17.4 Å². The van der Waals surface area contributed by atoms with Crippen LogP contribution in [-0.4, -0.2) is 59.6 Å². The first-order valence-corrected chi connectivity index (χ1v) is 9.28. The number of allylic oxidation sites excluding steroid dienone is 1. The number of nitrogens with zero attached hydrogens (tertiary/aromatic N) is 5. The van der Waals surface area contributed by atoms with Gasteiger partial charge in [-0.15, -0.1) is 0 Å². The van der Waals surface area contributed by atoms with Crippen molar-refractivity contribution in [3.05, 3.63) is 47.4 Å². The zero-order valence-corrected chi connectivity index (χ0v) is 16.1. The molecule has 0 unspecified atom stereocenters. The van der Waals surface area contributed by atoms with Crippen molar-refractivity contribution in [2.24, 2.45) is 0 Å². The first-order valence-electron chi connectivity index (χ1n) is 8.90. The highest BCUT2D eigenvalue weighted by molar-refractivity contribution is 6.29. The molecule has 0 aromatic carbocycles. The van der Waals surface area contributed by atoms with Crippen LogP contribution in [0.4, 0.5) is 5.82 Å². The van der Waals surface area contributed by atoms with Crippen LogP contribution in [0.1, 0.15) is 12.5 Å². The van der Waals surface area contributed by atoms with E-state index in [0.717, 1.165) is 61.9 Å². The molecule has 1 aliphatic heterocycles. The second-order valence-electron chi connectivity index (χ2n) is 6.53. The van der Waals surface area contributed by atoms with Crippen LogP contribution in [0.25, 0.3) is 11.5 Å². The molecule has 1 N–H and O–H groups in total. The Labute approximate surface area is 159 Å². The molecule has 0 amide bonds. The number of anilines is 1. The van der Waals surface area contributed by atoms with Crippen LogP contribution in [0.2, 0.25) is 5.15 Å². The number of piperazine rings is 1. The van der Waals surface area contributed by atoms with E-state index in [0.29, 0.717) is 11.0 Å². The quantitative estimate of drug-likeness (QED) is 0.786. The molecule has 0 bridgehead atoms. The molecule has 0 saturated carbocycles. The molecule has 0 atom stereocenters. The lowest BCUT2D eigenvalue weighted by Gasteiger charge is -2.33. The summed E-state index contributed by atoms with van der Waals surface area (Å²) in [6.07, 6.45) is 2.60. The molecule has 0 aliphatic carbocycles. The second kappa shape index (κ2) is 8.47. The van der Waals surface area contributed by atoms with E-state index in [4.69, 9.17) is 16.6 Å². The van der Waals surface area contributed by atoms with Crippen LogP contribution in [0.5, 0.6) is 0 Å². The number of aromatic nitrogens is 3. The number of nitrogens with one attached hydrogen (secondary N) is 1. The average Bonchev–Trinajstić information content (AvgIpc) is 2.62. The second-order valence-corrected chi connectivity index (χ2v) is 6.91. The van der Waals surface area contributed by atoms with Gasteiger partial charge >= 0.3 is 0 Å². The Kier molecular flexibility index (Phi) is 6.06. The van der Waals surface area contributed by atoms with Crippen molar-refractivity contribution in [2.75, 3.05) is 44.7 Å². The molecule has 26 heavy (non-hydrogen) atoms. The van der Waals surface area contributed by atoms with Gasteiger partial charge in [-0.05, 0) is 25.6 Å². The van der Waals surface area contributed by atoms with E-state index >= 15 is 0 Å². The molecule has 2 aromatic heterocycles. The minimum Gasteiger partial charge on any atom is -0.389 e. The predicted octanol–water partition coefficient (Wildman–Crippen LogP) is 2.61. The molecule has 1 aliphatic rings. The molecular weight excluding hydrogens is 348 g/mol. The van der Waals surface area contributed by atoms with E-state index in [1.54, 1.807) is 0 Å². The maximum absolute atomic E-state index is 6.25. The number of hydrogen-bond donors (Lipinski definition) is 1. The molecule has 2 aromatic rings. The highest BCUT2D eigenvalue weighted by Gasteiger charge is 2.17.